The van der Waals surface area contributed by atoms with Gasteiger partial charge in [0, 0.05) is 0 Å². The molecule has 0 amide bonds. The van der Waals surface area contributed by atoms with Gasteiger partial charge < -0.3 is 4.74 Å². The van der Waals surface area contributed by atoms with Crippen LogP contribution in [0.3, 0.4) is 0 Å². The van der Waals surface area contributed by atoms with Crippen LogP contribution in [0.25, 0.3) is 0 Å². The molecule has 13 heavy (non-hydrogen) atoms. The fraction of sp³-hybridized carbons (Fsp3) is 0.600. The van der Waals surface area contributed by atoms with Gasteiger partial charge in [-0.2, -0.15) is 0 Å². The maximum absolute atomic E-state index is 11.2. The first-order valence-electron chi connectivity index (χ1n) is 4.71. The molecule has 0 aromatic carbocycles. The maximum Gasteiger partial charge on any atom is 0.321 e. The molecule has 0 radical (unpaired) electrons. The molecule has 1 aliphatic carbocycles. The van der Waals surface area contributed by atoms with Crippen molar-refractivity contribution in [2.75, 3.05) is 0 Å². The van der Waals surface area contributed by atoms with Gasteiger partial charge in [0.1, 0.15) is 0 Å². The van der Waals surface area contributed by atoms with E-state index in [1.165, 1.54) is 6.42 Å². The summed E-state index contributed by atoms with van der Waals surface area (Å²) in [5, 5.41) is 0. The van der Waals surface area contributed by atoms with E-state index < -0.39 is 0 Å². The first kappa shape index (κ1) is 8.48. The number of carbonyl (C=O) groups excluding carboxylic acids is 2. The molecule has 2 rings (SSSR count). The molecule has 3 heteroatoms. The van der Waals surface area contributed by atoms with Crippen LogP contribution in [-0.2, 0) is 14.3 Å². The van der Waals surface area contributed by atoms with Crippen molar-refractivity contribution in [3.8, 4) is 0 Å². The number of hydrogen-bond donors (Lipinski definition) is 0. The van der Waals surface area contributed by atoms with Crippen molar-refractivity contribution in [3.05, 3.63) is 11.6 Å². The molecule has 0 aromatic rings. The predicted octanol–water partition coefficient (Wildman–Crippen LogP) is 1.58. The Bertz CT molecular complexity index is 278. The molecule has 0 unspecified atom stereocenters. The molecule has 0 saturated carbocycles. The lowest BCUT2D eigenvalue weighted by atomic mass is 9.88. The smallest absolute Gasteiger partial charge is 0.321 e. The summed E-state index contributed by atoms with van der Waals surface area (Å²) in [5.74, 6) is -0.979. The Morgan fingerprint density at radius 2 is 2.15 bits per heavy atom. The minimum Gasteiger partial charge on any atom is -0.393 e. The average Bonchev–Trinajstić information content (AvgIpc) is 2.47. The van der Waals surface area contributed by atoms with E-state index in [-0.39, 0.29) is 24.3 Å². The van der Waals surface area contributed by atoms with Crippen molar-refractivity contribution in [2.45, 2.75) is 32.1 Å². The average molecular weight is 180 g/mol. The quantitative estimate of drug-likeness (QED) is 0.349. The van der Waals surface area contributed by atoms with E-state index in [2.05, 4.69) is 10.8 Å². The van der Waals surface area contributed by atoms with Crippen molar-refractivity contribution in [1.29, 1.82) is 0 Å². The second kappa shape index (κ2) is 3.32. The number of ether oxygens (including phenoxy) is 1. The van der Waals surface area contributed by atoms with Crippen LogP contribution in [0.1, 0.15) is 32.1 Å². The van der Waals surface area contributed by atoms with Gasteiger partial charge in [-0.25, -0.2) is 0 Å². The number of esters is 2. The van der Waals surface area contributed by atoms with E-state index in [0.29, 0.717) is 0 Å². The topological polar surface area (TPSA) is 43.4 Å². The van der Waals surface area contributed by atoms with Gasteiger partial charge in [-0.1, -0.05) is 11.6 Å². The number of rotatable bonds is 1. The highest BCUT2D eigenvalue weighted by Gasteiger charge is 2.35. The zero-order chi connectivity index (χ0) is 9.26. The van der Waals surface area contributed by atoms with Crippen LogP contribution in [0, 0.1) is 5.92 Å². The Hall–Kier alpha value is -1.12. The molecule has 1 saturated heterocycles. The Kier molecular flexibility index (Phi) is 2.17. The van der Waals surface area contributed by atoms with E-state index in [1.807, 2.05) is 0 Å². The summed E-state index contributed by atoms with van der Waals surface area (Å²) in [6.45, 7) is 0. The van der Waals surface area contributed by atoms with Crippen LogP contribution >= 0.6 is 0 Å². The monoisotopic (exact) mass is 180 g/mol. The highest BCUT2D eigenvalue weighted by molar-refractivity contribution is 5.96. The van der Waals surface area contributed by atoms with Gasteiger partial charge in [0.25, 0.3) is 0 Å². The molecule has 70 valence electrons. The molecule has 0 spiro atoms. The number of cyclic esters (lactones) is 2. The Balaban J connectivity index is 2.11. The Morgan fingerprint density at radius 1 is 1.31 bits per heavy atom. The summed E-state index contributed by atoms with van der Waals surface area (Å²) >= 11 is 0. The first-order valence-corrected chi connectivity index (χ1v) is 4.71. The maximum atomic E-state index is 11.2. The zero-order valence-electron chi connectivity index (χ0n) is 7.41. The fourth-order valence-corrected chi connectivity index (χ4v) is 1.94. The molecule has 0 bridgehead atoms. The number of hydrogen-bond acceptors (Lipinski definition) is 3. The molecule has 1 fully saturated rings. The third-order valence-electron chi connectivity index (χ3n) is 2.64. The first-order chi connectivity index (χ1) is 6.27. The molecular formula is C10H12O3. The minimum atomic E-state index is -0.374. The van der Waals surface area contributed by atoms with E-state index in [4.69, 9.17) is 0 Å². The van der Waals surface area contributed by atoms with Crippen molar-refractivity contribution >= 4 is 11.9 Å². The lowest BCUT2D eigenvalue weighted by Gasteiger charge is -2.14. The minimum absolute atomic E-state index is 0.255. The molecular weight excluding hydrogens is 168 g/mol. The standard InChI is InChI=1S/C10H12O3/c11-9-6-8(10(12)13-9)7-4-2-1-3-5-7/h4,8H,1-3,5-6H2/t8-/m0/s1. The summed E-state index contributed by atoms with van der Waals surface area (Å²) in [5.41, 5.74) is 1.11. The van der Waals surface area contributed by atoms with Gasteiger partial charge in [0.15, 0.2) is 0 Å². The lowest BCUT2D eigenvalue weighted by molar-refractivity contribution is -0.152. The molecule has 0 N–H and O–H groups in total. The molecule has 1 aliphatic heterocycles. The van der Waals surface area contributed by atoms with E-state index in [1.54, 1.807) is 0 Å². The number of allylic oxidation sites excluding steroid dienone is 1. The van der Waals surface area contributed by atoms with Crippen LogP contribution in [-0.4, -0.2) is 11.9 Å². The van der Waals surface area contributed by atoms with Gasteiger partial charge in [-0.3, -0.25) is 9.59 Å². The fourth-order valence-electron chi connectivity index (χ4n) is 1.94. The summed E-state index contributed by atoms with van der Waals surface area (Å²) in [4.78, 5) is 22.0. The van der Waals surface area contributed by atoms with Crippen LogP contribution in [0.5, 0.6) is 0 Å². The SMILES string of the molecule is O=C1C[C@@H](C2=CCCCC2)C(=O)O1. The number of carbonyl (C=O) groups is 2. The van der Waals surface area contributed by atoms with Crippen LogP contribution in [0.2, 0.25) is 0 Å². The largest absolute Gasteiger partial charge is 0.393 e. The highest BCUT2D eigenvalue weighted by atomic mass is 16.6. The normalized spacial score (nSPS) is 28.6. The van der Waals surface area contributed by atoms with Gasteiger partial charge in [0.2, 0.25) is 0 Å². The second-order valence-corrected chi connectivity index (χ2v) is 3.57. The summed E-state index contributed by atoms with van der Waals surface area (Å²) in [7, 11) is 0. The van der Waals surface area contributed by atoms with Crippen molar-refractivity contribution in [2.24, 2.45) is 5.92 Å². The van der Waals surface area contributed by atoms with Crippen LogP contribution in [0.4, 0.5) is 0 Å². The zero-order valence-corrected chi connectivity index (χ0v) is 7.41. The van der Waals surface area contributed by atoms with Crippen molar-refractivity contribution in [3.63, 3.8) is 0 Å². The summed E-state index contributed by atoms with van der Waals surface area (Å²) in [6.07, 6.45) is 6.65. The Morgan fingerprint density at radius 3 is 2.69 bits per heavy atom. The highest BCUT2D eigenvalue weighted by Crippen LogP contribution is 2.30. The van der Waals surface area contributed by atoms with Crippen molar-refractivity contribution < 1.29 is 14.3 Å². The van der Waals surface area contributed by atoms with Gasteiger partial charge in [0.05, 0.1) is 12.3 Å². The van der Waals surface area contributed by atoms with E-state index >= 15 is 0 Å². The van der Waals surface area contributed by atoms with Gasteiger partial charge in [-0.05, 0) is 25.7 Å². The van der Waals surface area contributed by atoms with Crippen LogP contribution < -0.4 is 0 Å². The van der Waals surface area contributed by atoms with Crippen LogP contribution in [0.15, 0.2) is 11.6 Å². The summed E-state index contributed by atoms with van der Waals surface area (Å²) in [6, 6.07) is 0. The lowest BCUT2D eigenvalue weighted by Crippen LogP contribution is -2.12. The molecule has 1 heterocycles. The third-order valence-corrected chi connectivity index (χ3v) is 2.64. The third kappa shape index (κ3) is 1.64. The second-order valence-electron chi connectivity index (χ2n) is 3.57. The van der Waals surface area contributed by atoms with E-state index in [9.17, 15) is 9.59 Å². The summed E-state index contributed by atoms with van der Waals surface area (Å²) < 4.78 is 4.51. The van der Waals surface area contributed by atoms with E-state index in [0.717, 1.165) is 24.8 Å². The molecule has 2 aliphatic rings. The predicted molar refractivity (Wildman–Crippen MR) is 45.8 cm³/mol. The molecule has 1 atom stereocenters. The van der Waals surface area contributed by atoms with Gasteiger partial charge >= 0.3 is 11.9 Å². The molecule has 0 aromatic heterocycles. The van der Waals surface area contributed by atoms with Gasteiger partial charge in [-0.15, -0.1) is 0 Å². The Labute approximate surface area is 76.8 Å². The van der Waals surface area contributed by atoms with Crippen molar-refractivity contribution in [1.82, 2.24) is 0 Å². The molecule has 3 nitrogen and oxygen atoms in total.